The molecule has 3 aliphatic rings. The maximum absolute atomic E-state index is 13.0. The summed E-state index contributed by atoms with van der Waals surface area (Å²) in [5, 5.41) is 8.64. The molecule has 178 valence electrons. The van der Waals surface area contributed by atoms with Crippen LogP contribution in [-0.2, 0) is 24.1 Å². The van der Waals surface area contributed by atoms with Crippen molar-refractivity contribution < 1.29 is 9.53 Å². The van der Waals surface area contributed by atoms with Crippen molar-refractivity contribution >= 4 is 29.2 Å². The Balaban J connectivity index is 1.12. The Morgan fingerprint density at radius 1 is 1.17 bits per heavy atom. The van der Waals surface area contributed by atoms with Crippen LogP contribution in [0.25, 0.3) is 16.6 Å². The molecule has 2 N–H and O–H groups in total. The lowest BCUT2D eigenvalue weighted by atomic mass is 9.97. The molecule has 35 heavy (non-hydrogen) atoms. The number of aryl methyl sites for hydroxylation is 1. The molecule has 2 amide bonds. The van der Waals surface area contributed by atoms with Gasteiger partial charge in [-0.15, -0.1) is 0 Å². The molecule has 0 spiro atoms. The van der Waals surface area contributed by atoms with Gasteiger partial charge in [0.1, 0.15) is 11.1 Å². The van der Waals surface area contributed by atoms with Gasteiger partial charge in [-0.2, -0.15) is 5.10 Å². The SMILES string of the molecule is O=C(NSc1cc2n(n1)CCOC2C1CC1)Nc1c(-c2ccn3cncc3c2)ccc2c1CCC2. The minimum absolute atomic E-state index is 0.141. The number of hydrogen-bond donors (Lipinski definition) is 2. The van der Waals surface area contributed by atoms with Gasteiger partial charge in [-0.25, -0.2) is 9.78 Å². The number of hydrogen-bond acceptors (Lipinski definition) is 5. The zero-order chi connectivity index (χ0) is 23.4. The van der Waals surface area contributed by atoms with Crippen LogP contribution in [0, 0.1) is 5.92 Å². The molecular weight excluding hydrogens is 460 g/mol. The highest BCUT2D eigenvalue weighted by molar-refractivity contribution is 7.97. The molecule has 1 saturated carbocycles. The van der Waals surface area contributed by atoms with Crippen molar-refractivity contribution in [2.24, 2.45) is 5.92 Å². The van der Waals surface area contributed by atoms with Crippen LogP contribution in [0.1, 0.15) is 42.2 Å². The number of aromatic nitrogens is 4. The molecule has 0 bridgehead atoms. The third kappa shape index (κ3) is 3.88. The van der Waals surface area contributed by atoms with Crippen LogP contribution in [0.5, 0.6) is 0 Å². The number of nitrogens with one attached hydrogen (secondary N) is 2. The number of amides is 2. The molecule has 0 saturated heterocycles. The largest absolute Gasteiger partial charge is 0.370 e. The number of imidazole rings is 1. The first-order valence-corrected chi connectivity index (χ1v) is 13.0. The van der Waals surface area contributed by atoms with E-state index >= 15 is 0 Å². The quantitative estimate of drug-likeness (QED) is 0.388. The molecule has 2 aliphatic carbocycles. The number of anilines is 1. The van der Waals surface area contributed by atoms with Crippen LogP contribution < -0.4 is 10.0 Å². The lowest BCUT2D eigenvalue weighted by Gasteiger charge is -2.23. The normalized spacial score (nSPS) is 18.9. The Morgan fingerprint density at radius 2 is 2.11 bits per heavy atom. The second-order valence-electron chi connectivity index (χ2n) is 9.54. The number of fused-ring (bicyclic) bond motifs is 3. The Bertz CT molecular complexity index is 1440. The van der Waals surface area contributed by atoms with Gasteiger partial charge in [0.15, 0.2) is 0 Å². The van der Waals surface area contributed by atoms with Gasteiger partial charge in [0.05, 0.1) is 42.6 Å². The Morgan fingerprint density at radius 3 is 3.03 bits per heavy atom. The van der Waals surface area contributed by atoms with Crippen molar-refractivity contribution in [1.29, 1.82) is 0 Å². The zero-order valence-corrected chi connectivity index (χ0v) is 20.1. The lowest BCUT2D eigenvalue weighted by Crippen LogP contribution is -2.24. The number of rotatable bonds is 5. The van der Waals surface area contributed by atoms with Gasteiger partial charge in [-0.1, -0.05) is 12.1 Å². The monoisotopic (exact) mass is 486 g/mol. The first-order valence-electron chi connectivity index (χ1n) is 12.2. The van der Waals surface area contributed by atoms with Gasteiger partial charge in [-0.05, 0) is 72.9 Å². The molecule has 1 aliphatic heterocycles. The summed E-state index contributed by atoms with van der Waals surface area (Å²) >= 11 is 1.25. The van der Waals surface area contributed by atoms with Crippen LogP contribution in [0.2, 0.25) is 0 Å². The number of nitrogens with zero attached hydrogens (tertiary/aromatic N) is 4. The highest BCUT2D eigenvalue weighted by atomic mass is 32.2. The van der Waals surface area contributed by atoms with E-state index in [9.17, 15) is 4.79 Å². The van der Waals surface area contributed by atoms with Gasteiger partial charge < -0.3 is 14.5 Å². The van der Waals surface area contributed by atoms with Crippen molar-refractivity contribution in [1.82, 2.24) is 23.9 Å². The second-order valence-corrected chi connectivity index (χ2v) is 10.4. The van der Waals surface area contributed by atoms with Crippen molar-refractivity contribution in [2.75, 3.05) is 11.9 Å². The molecule has 4 heterocycles. The summed E-state index contributed by atoms with van der Waals surface area (Å²) in [7, 11) is 0. The summed E-state index contributed by atoms with van der Waals surface area (Å²) in [5.41, 5.74) is 7.68. The molecule has 4 aromatic rings. The van der Waals surface area contributed by atoms with Crippen molar-refractivity contribution in [3.8, 4) is 11.1 Å². The predicted molar refractivity (Wildman–Crippen MR) is 134 cm³/mol. The third-order valence-corrected chi connectivity index (χ3v) is 7.92. The van der Waals surface area contributed by atoms with E-state index in [-0.39, 0.29) is 12.1 Å². The zero-order valence-electron chi connectivity index (χ0n) is 19.2. The molecule has 9 heteroatoms. The average molecular weight is 487 g/mol. The predicted octanol–water partition coefficient (Wildman–Crippen LogP) is 5.00. The van der Waals surface area contributed by atoms with E-state index in [1.165, 1.54) is 35.9 Å². The molecule has 0 radical (unpaired) electrons. The van der Waals surface area contributed by atoms with Gasteiger partial charge in [0.2, 0.25) is 0 Å². The smallest absolute Gasteiger partial charge is 0.329 e. The Labute approximate surface area is 207 Å². The minimum Gasteiger partial charge on any atom is -0.370 e. The fraction of sp³-hybridized carbons (Fsp3) is 0.346. The number of carbonyl (C=O) groups excluding carboxylic acids is 1. The van der Waals surface area contributed by atoms with E-state index in [0.717, 1.165) is 58.9 Å². The topological polar surface area (TPSA) is 85.5 Å². The van der Waals surface area contributed by atoms with Gasteiger partial charge in [0, 0.05) is 23.7 Å². The minimum atomic E-state index is -0.247. The summed E-state index contributed by atoms with van der Waals surface area (Å²) in [4.78, 5) is 17.3. The van der Waals surface area contributed by atoms with Gasteiger partial charge in [0.25, 0.3) is 0 Å². The van der Waals surface area contributed by atoms with Crippen molar-refractivity contribution in [3.63, 3.8) is 0 Å². The first kappa shape index (κ1) is 21.0. The fourth-order valence-electron chi connectivity index (χ4n) is 5.37. The number of benzene rings is 1. The number of pyridine rings is 1. The maximum atomic E-state index is 13.0. The summed E-state index contributed by atoms with van der Waals surface area (Å²) < 4.78 is 13.0. The maximum Gasteiger partial charge on any atom is 0.329 e. The molecule has 7 rings (SSSR count). The molecule has 1 atom stereocenters. The molecule has 1 fully saturated rings. The van der Waals surface area contributed by atoms with Crippen LogP contribution >= 0.6 is 11.9 Å². The molecule has 8 nitrogen and oxygen atoms in total. The molecule has 1 aromatic carbocycles. The van der Waals surface area contributed by atoms with Crippen LogP contribution in [0.3, 0.4) is 0 Å². The van der Waals surface area contributed by atoms with E-state index in [1.807, 2.05) is 21.5 Å². The summed E-state index contributed by atoms with van der Waals surface area (Å²) in [5.74, 6) is 0.611. The fourth-order valence-corrected chi connectivity index (χ4v) is 5.93. The van der Waals surface area contributed by atoms with E-state index < -0.39 is 0 Å². The highest BCUT2D eigenvalue weighted by Gasteiger charge is 2.37. The standard InChI is InChI=1S/C26H26N6O2S/c33-26(30-35-23-13-22-25(17-4-5-17)34-11-10-32(22)29-23)28-24-20-3-1-2-16(20)6-7-21(24)18-8-9-31-15-27-14-19(31)12-18/h6-9,12-15,17,25H,1-5,10-11H2,(H2,28,30,33). The number of carbonyl (C=O) groups is 1. The Hall–Kier alpha value is -3.30. The first-order chi connectivity index (χ1) is 17.2. The van der Waals surface area contributed by atoms with E-state index in [2.05, 4.69) is 50.5 Å². The number of urea groups is 1. The summed E-state index contributed by atoms with van der Waals surface area (Å²) in [6.07, 6.45) is 11.3. The summed E-state index contributed by atoms with van der Waals surface area (Å²) in [6.45, 7) is 1.45. The molecular formula is C26H26N6O2S. The molecule has 1 unspecified atom stereocenters. The van der Waals surface area contributed by atoms with Gasteiger partial charge in [-0.3, -0.25) is 9.40 Å². The third-order valence-electron chi connectivity index (χ3n) is 7.23. The average Bonchev–Trinajstić information content (AvgIpc) is 3.25. The summed E-state index contributed by atoms with van der Waals surface area (Å²) in [6, 6.07) is 10.3. The van der Waals surface area contributed by atoms with Crippen LogP contribution in [0.15, 0.2) is 54.1 Å². The number of ether oxygens (including phenoxy) is 1. The van der Waals surface area contributed by atoms with Crippen LogP contribution in [0.4, 0.5) is 10.5 Å². The van der Waals surface area contributed by atoms with Crippen LogP contribution in [-0.4, -0.2) is 31.8 Å². The van der Waals surface area contributed by atoms with E-state index in [4.69, 9.17) is 4.74 Å². The van der Waals surface area contributed by atoms with Crippen molar-refractivity contribution in [3.05, 3.63) is 65.9 Å². The van der Waals surface area contributed by atoms with Crippen molar-refractivity contribution in [2.45, 2.75) is 49.8 Å². The molecule has 3 aromatic heterocycles. The van der Waals surface area contributed by atoms with E-state index in [1.54, 1.807) is 6.33 Å². The second kappa shape index (κ2) is 8.42. The highest BCUT2D eigenvalue weighted by Crippen LogP contribution is 2.45. The lowest BCUT2D eigenvalue weighted by molar-refractivity contribution is 0.00273. The Kier molecular flexibility index (Phi) is 5.06. The van der Waals surface area contributed by atoms with E-state index in [0.29, 0.717) is 12.5 Å². The van der Waals surface area contributed by atoms with Gasteiger partial charge >= 0.3 is 6.03 Å².